The molecule has 0 aromatic carbocycles. The summed E-state index contributed by atoms with van der Waals surface area (Å²) in [7, 11) is 0. The van der Waals surface area contributed by atoms with Crippen molar-refractivity contribution in [3.8, 4) is 0 Å². The van der Waals surface area contributed by atoms with Crippen molar-refractivity contribution in [2.45, 2.75) is 64.0 Å². The Bertz CT molecular complexity index is 276. The zero-order chi connectivity index (χ0) is 13.1. The maximum absolute atomic E-state index is 3.92. The molecule has 110 valence electrons. The summed E-state index contributed by atoms with van der Waals surface area (Å²) in [6.07, 6.45) is 9.76. The van der Waals surface area contributed by atoms with Gasteiger partial charge < -0.3 is 10.6 Å². The summed E-state index contributed by atoms with van der Waals surface area (Å²) in [4.78, 5) is 2.71. The Balaban J connectivity index is 1.46. The van der Waals surface area contributed by atoms with Gasteiger partial charge in [0.25, 0.3) is 0 Å². The predicted octanol–water partition coefficient (Wildman–Crippen LogP) is 1.98. The van der Waals surface area contributed by atoms with Gasteiger partial charge in [-0.15, -0.1) is 0 Å². The van der Waals surface area contributed by atoms with E-state index in [2.05, 4.69) is 22.5 Å². The molecule has 0 aromatic rings. The fourth-order valence-electron chi connectivity index (χ4n) is 4.09. The van der Waals surface area contributed by atoms with Crippen molar-refractivity contribution in [3.63, 3.8) is 0 Å². The third-order valence-corrected chi connectivity index (χ3v) is 5.49. The monoisotopic (exact) mass is 265 g/mol. The lowest BCUT2D eigenvalue weighted by molar-refractivity contribution is 0.169. The van der Waals surface area contributed by atoms with Crippen LogP contribution >= 0.6 is 0 Å². The largest absolute Gasteiger partial charge is 0.317 e. The van der Waals surface area contributed by atoms with Crippen LogP contribution in [-0.2, 0) is 0 Å². The van der Waals surface area contributed by atoms with Crippen LogP contribution in [0.5, 0.6) is 0 Å². The van der Waals surface area contributed by atoms with E-state index in [4.69, 9.17) is 0 Å². The number of nitrogens with one attached hydrogen (secondary N) is 2. The van der Waals surface area contributed by atoms with Crippen LogP contribution in [0.3, 0.4) is 0 Å². The molecular weight excluding hydrogens is 234 g/mol. The molecule has 1 unspecified atom stereocenters. The van der Waals surface area contributed by atoms with Crippen LogP contribution in [0.25, 0.3) is 0 Å². The fourth-order valence-corrected chi connectivity index (χ4v) is 4.09. The van der Waals surface area contributed by atoms with Gasteiger partial charge in [0, 0.05) is 31.7 Å². The molecule has 3 aliphatic rings. The van der Waals surface area contributed by atoms with E-state index in [0.717, 1.165) is 12.1 Å². The minimum absolute atomic E-state index is 0.590. The van der Waals surface area contributed by atoms with E-state index in [-0.39, 0.29) is 0 Å². The number of hydrogen-bond acceptors (Lipinski definition) is 3. The number of piperidine rings is 1. The zero-order valence-electron chi connectivity index (χ0n) is 12.6. The number of hydrogen-bond donors (Lipinski definition) is 2. The molecule has 2 saturated heterocycles. The standard InChI is InChI=1S/C16H31N3/c1-2-6-16(7-9-17-10-8-16)13-18-14-5-11-19(12-14)15-3-4-15/h14-15,17-18H,2-13H2,1H3. The van der Waals surface area contributed by atoms with Crippen LogP contribution < -0.4 is 10.6 Å². The molecule has 1 atom stereocenters. The van der Waals surface area contributed by atoms with E-state index in [1.54, 1.807) is 0 Å². The van der Waals surface area contributed by atoms with Crippen molar-refractivity contribution in [1.29, 1.82) is 0 Å². The first-order valence-electron chi connectivity index (χ1n) is 8.49. The van der Waals surface area contributed by atoms with Gasteiger partial charge in [0.1, 0.15) is 0 Å². The number of rotatable bonds is 6. The van der Waals surface area contributed by atoms with E-state index < -0.39 is 0 Å². The molecule has 1 saturated carbocycles. The average molecular weight is 265 g/mol. The van der Waals surface area contributed by atoms with Crippen LogP contribution in [0.2, 0.25) is 0 Å². The van der Waals surface area contributed by atoms with E-state index in [1.807, 2.05) is 0 Å². The SMILES string of the molecule is CCCC1(CNC2CCN(C3CC3)C2)CCNCC1. The minimum Gasteiger partial charge on any atom is -0.317 e. The molecule has 3 nitrogen and oxygen atoms in total. The van der Waals surface area contributed by atoms with Crippen molar-refractivity contribution >= 4 is 0 Å². The van der Waals surface area contributed by atoms with Gasteiger partial charge in [-0.05, 0) is 57.0 Å². The van der Waals surface area contributed by atoms with E-state index >= 15 is 0 Å². The molecular formula is C16H31N3. The molecule has 1 aliphatic carbocycles. The number of nitrogens with zero attached hydrogens (tertiary/aromatic N) is 1. The van der Waals surface area contributed by atoms with Gasteiger partial charge in [-0.25, -0.2) is 0 Å². The van der Waals surface area contributed by atoms with Crippen molar-refractivity contribution in [3.05, 3.63) is 0 Å². The quantitative estimate of drug-likeness (QED) is 0.769. The molecule has 0 aromatic heterocycles. The van der Waals surface area contributed by atoms with Crippen molar-refractivity contribution in [1.82, 2.24) is 15.5 Å². The first kappa shape index (κ1) is 13.8. The maximum atomic E-state index is 3.92. The molecule has 0 spiro atoms. The van der Waals surface area contributed by atoms with Crippen LogP contribution in [-0.4, -0.2) is 49.7 Å². The van der Waals surface area contributed by atoms with Gasteiger partial charge >= 0.3 is 0 Å². The van der Waals surface area contributed by atoms with Gasteiger partial charge in [-0.2, -0.15) is 0 Å². The molecule has 3 fully saturated rings. The summed E-state index contributed by atoms with van der Waals surface area (Å²) in [5.74, 6) is 0. The predicted molar refractivity (Wildman–Crippen MR) is 80.4 cm³/mol. The molecule has 2 aliphatic heterocycles. The van der Waals surface area contributed by atoms with E-state index in [0.29, 0.717) is 5.41 Å². The third kappa shape index (κ3) is 3.50. The highest BCUT2D eigenvalue weighted by Crippen LogP contribution is 2.34. The van der Waals surface area contributed by atoms with Crippen LogP contribution in [0.15, 0.2) is 0 Å². The van der Waals surface area contributed by atoms with Crippen LogP contribution in [0.1, 0.15) is 51.9 Å². The second-order valence-electron chi connectivity index (χ2n) is 7.09. The Morgan fingerprint density at radius 3 is 2.68 bits per heavy atom. The second kappa shape index (κ2) is 6.11. The number of likely N-dealkylation sites (tertiary alicyclic amines) is 1. The lowest BCUT2D eigenvalue weighted by Crippen LogP contribution is -2.46. The fraction of sp³-hybridized carbons (Fsp3) is 1.00. The normalized spacial score (nSPS) is 31.7. The Labute approximate surface area is 118 Å². The second-order valence-corrected chi connectivity index (χ2v) is 7.09. The summed E-state index contributed by atoms with van der Waals surface area (Å²) in [5, 5.41) is 7.44. The maximum Gasteiger partial charge on any atom is 0.0207 e. The molecule has 0 radical (unpaired) electrons. The van der Waals surface area contributed by atoms with E-state index in [9.17, 15) is 0 Å². The smallest absolute Gasteiger partial charge is 0.0207 e. The summed E-state index contributed by atoms with van der Waals surface area (Å²) in [5.41, 5.74) is 0.590. The molecule has 2 N–H and O–H groups in total. The Morgan fingerprint density at radius 2 is 2.00 bits per heavy atom. The lowest BCUT2D eigenvalue weighted by atomic mass is 9.75. The first-order chi connectivity index (χ1) is 9.31. The topological polar surface area (TPSA) is 27.3 Å². The van der Waals surface area contributed by atoms with Gasteiger partial charge in [0.15, 0.2) is 0 Å². The highest BCUT2D eigenvalue weighted by molar-refractivity contribution is 4.93. The van der Waals surface area contributed by atoms with E-state index in [1.165, 1.54) is 77.7 Å². The van der Waals surface area contributed by atoms with Gasteiger partial charge in [-0.3, -0.25) is 4.90 Å². The Morgan fingerprint density at radius 1 is 1.21 bits per heavy atom. The summed E-state index contributed by atoms with van der Waals surface area (Å²) < 4.78 is 0. The van der Waals surface area contributed by atoms with Gasteiger partial charge in [0.05, 0.1) is 0 Å². The lowest BCUT2D eigenvalue weighted by Gasteiger charge is -2.38. The van der Waals surface area contributed by atoms with Crippen molar-refractivity contribution in [2.75, 3.05) is 32.7 Å². The summed E-state index contributed by atoms with van der Waals surface area (Å²) in [6, 6.07) is 1.72. The molecule has 3 rings (SSSR count). The highest BCUT2D eigenvalue weighted by Gasteiger charge is 2.36. The van der Waals surface area contributed by atoms with Crippen LogP contribution in [0, 0.1) is 5.41 Å². The molecule has 0 amide bonds. The third-order valence-electron chi connectivity index (χ3n) is 5.49. The average Bonchev–Trinajstić information content (AvgIpc) is 3.17. The Hall–Kier alpha value is -0.120. The molecule has 2 heterocycles. The Kier molecular flexibility index (Phi) is 4.45. The molecule has 3 heteroatoms. The molecule has 0 bridgehead atoms. The summed E-state index contributed by atoms with van der Waals surface area (Å²) >= 11 is 0. The zero-order valence-corrected chi connectivity index (χ0v) is 12.6. The first-order valence-corrected chi connectivity index (χ1v) is 8.49. The highest BCUT2D eigenvalue weighted by atomic mass is 15.2. The van der Waals surface area contributed by atoms with Crippen LogP contribution in [0.4, 0.5) is 0 Å². The van der Waals surface area contributed by atoms with Gasteiger partial charge in [-0.1, -0.05) is 13.3 Å². The van der Waals surface area contributed by atoms with Gasteiger partial charge in [0.2, 0.25) is 0 Å². The minimum atomic E-state index is 0.590. The van der Waals surface area contributed by atoms with Crippen molar-refractivity contribution < 1.29 is 0 Å². The molecule has 19 heavy (non-hydrogen) atoms. The van der Waals surface area contributed by atoms with Crippen molar-refractivity contribution in [2.24, 2.45) is 5.41 Å². The summed E-state index contributed by atoms with van der Waals surface area (Å²) in [6.45, 7) is 8.69.